The molecule has 8 nitrogen and oxygen atoms in total. The third-order valence-electron chi connectivity index (χ3n) is 10.5. The normalized spacial score (nSPS) is 30.8. The standard InChI is InChI=1S/C37H40O8/c1-18(2)24-15-22(12-9-21-10-13-23(45-8)14-11-21)30(39)27-25(24)16-35(6)17-36(7)28(19(3)4)31(40)26(20(5)38)33(42)37(36,44)34(43)29(35)32(27)41/h10-11,13-15,18-19,26,28-29,39,44H,16-17H2,1-8H3/t26?,28?,29?,35-,36-,37+/m1/s1. The van der Waals surface area contributed by atoms with Crippen LogP contribution in [0.5, 0.6) is 11.5 Å². The Hall–Kier alpha value is -4.09. The van der Waals surface area contributed by atoms with Crippen molar-refractivity contribution in [2.75, 3.05) is 7.11 Å². The highest BCUT2D eigenvalue weighted by atomic mass is 16.5. The summed E-state index contributed by atoms with van der Waals surface area (Å²) < 4.78 is 5.20. The second kappa shape index (κ2) is 10.8. The van der Waals surface area contributed by atoms with Gasteiger partial charge < -0.3 is 14.9 Å². The Morgan fingerprint density at radius 2 is 1.62 bits per heavy atom. The van der Waals surface area contributed by atoms with E-state index in [1.807, 2.05) is 13.8 Å². The van der Waals surface area contributed by atoms with Crippen molar-refractivity contribution < 1.29 is 38.9 Å². The van der Waals surface area contributed by atoms with Crippen molar-refractivity contribution in [3.63, 3.8) is 0 Å². The minimum atomic E-state index is -2.73. The topological polar surface area (TPSA) is 135 Å². The lowest BCUT2D eigenvalue weighted by molar-refractivity contribution is -0.205. The van der Waals surface area contributed by atoms with Crippen LogP contribution in [0.3, 0.4) is 0 Å². The fourth-order valence-electron chi connectivity index (χ4n) is 8.66. The quantitative estimate of drug-likeness (QED) is 0.377. The van der Waals surface area contributed by atoms with Gasteiger partial charge in [0.05, 0.1) is 24.2 Å². The van der Waals surface area contributed by atoms with E-state index in [1.54, 1.807) is 65.1 Å². The van der Waals surface area contributed by atoms with Crippen LogP contribution in [0.25, 0.3) is 0 Å². The molecule has 8 heteroatoms. The Morgan fingerprint density at radius 1 is 1.00 bits per heavy atom. The number of fused-ring (bicyclic) bond motifs is 3. The first kappa shape index (κ1) is 32.3. The summed E-state index contributed by atoms with van der Waals surface area (Å²) in [5.41, 5.74) is -3.13. The van der Waals surface area contributed by atoms with Gasteiger partial charge in [-0.1, -0.05) is 53.4 Å². The van der Waals surface area contributed by atoms with Crippen LogP contribution in [0.15, 0.2) is 30.3 Å². The van der Waals surface area contributed by atoms with Crippen molar-refractivity contribution >= 4 is 28.9 Å². The lowest BCUT2D eigenvalue weighted by Gasteiger charge is -2.62. The number of hydrogen-bond acceptors (Lipinski definition) is 8. The van der Waals surface area contributed by atoms with Gasteiger partial charge in [0.1, 0.15) is 23.2 Å². The molecule has 0 amide bonds. The Bertz CT molecular complexity index is 1720. The first-order valence-corrected chi connectivity index (χ1v) is 15.4. The molecule has 2 saturated carbocycles. The third kappa shape index (κ3) is 4.50. The van der Waals surface area contributed by atoms with Gasteiger partial charge in [0.2, 0.25) is 0 Å². The van der Waals surface area contributed by atoms with Crippen LogP contribution in [0, 0.1) is 46.3 Å². The van der Waals surface area contributed by atoms with Crippen molar-refractivity contribution in [2.45, 2.75) is 72.8 Å². The lowest BCUT2D eigenvalue weighted by Crippen LogP contribution is -2.76. The molecule has 2 N–H and O–H groups in total. The minimum absolute atomic E-state index is 0.0142. The molecule has 236 valence electrons. The number of ketones is 5. The van der Waals surface area contributed by atoms with E-state index < -0.39 is 69.0 Å². The summed E-state index contributed by atoms with van der Waals surface area (Å²) in [6.45, 7) is 11.9. The Balaban J connectivity index is 1.70. The van der Waals surface area contributed by atoms with Crippen molar-refractivity contribution in [1.29, 1.82) is 0 Å². The van der Waals surface area contributed by atoms with Crippen molar-refractivity contribution in [1.82, 2.24) is 0 Å². The van der Waals surface area contributed by atoms with Crippen LogP contribution in [0.4, 0.5) is 0 Å². The average molecular weight is 613 g/mol. The van der Waals surface area contributed by atoms with Gasteiger partial charge in [0.25, 0.3) is 0 Å². The van der Waals surface area contributed by atoms with Crippen molar-refractivity contribution in [3.8, 4) is 23.3 Å². The number of rotatable bonds is 4. The van der Waals surface area contributed by atoms with Crippen LogP contribution in [0.2, 0.25) is 0 Å². The SMILES string of the molecule is COc1ccc(C#Cc2cc(C(C)C)c3c(c2O)C(=O)C2C(=O)[C@@]4(O)C(=O)C(C(C)=O)C(=O)C(C(C)C)[C@@]4(C)C[C@@]2(C)C3)cc1. The molecule has 0 heterocycles. The van der Waals surface area contributed by atoms with E-state index in [4.69, 9.17) is 4.74 Å². The van der Waals surface area contributed by atoms with Gasteiger partial charge in [0, 0.05) is 16.9 Å². The fraction of sp³-hybridized carbons (Fsp3) is 0.486. The first-order chi connectivity index (χ1) is 20.9. The van der Waals surface area contributed by atoms with Crippen LogP contribution >= 0.6 is 0 Å². The summed E-state index contributed by atoms with van der Waals surface area (Å²) in [6, 6.07) is 8.83. The molecule has 2 aromatic carbocycles. The zero-order chi connectivity index (χ0) is 33.4. The highest BCUT2D eigenvalue weighted by Gasteiger charge is 2.76. The van der Waals surface area contributed by atoms with Crippen molar-refractivity contribution in [3.05, 3.63) is 58.1 Å². The van der Waals surface area contributed by atoms with Crippen LogP contribution in [0.1, 0.15) is 93.4 Å². The number of phenols is 1. The summed E-state index contributed by atoms with van der Waals surface area (Å²) in [6.07, 6.45) is 0.215. The number of aromatic hydroxyl groups is 1. The second-order valence-corrected chi connectivity index (χ2v) is 14.2. The maximum Gasteiger partial charge on any atom is 0.190 e. The zero-order valence-corrected chi connectivity index (χ0v) is 27.0. The van der Waals surface area contributed by atoms with Crippen LogP contribution in [-0.4, -0.2) is 51.8 Å². The molecule has 5 rings (SSSR count). The van der Waals surface area contributed by atoms with Gasteiger partial charge in [-0.05, 0) is 78.5 Å². The predicted octanol–water partition coefficient (Wildman–Crippen LogP) is 4.62. The van der Waals surface area contributed by atoms with Gasteiger partial charge >= 0.3 is 0 Å². The van der Waals surface area contributed by atoms with E-state index in [2.05, 4.69) is 11.8 Å². The summed E-state index contributed by atoms with van der Waals surface area (Å²) in [4.78, 5) is 69.2. The molecule has 2 fully saturated rings. The number of ether oxygens (including phenoxy) is 1. The van der Waals surface area contributed by atoms with Gasteiger partial charge in [-0.15, -0.1) is 0 Å². The Kier molecular flexibility index (Phi) is 7.73. The maximum atomic E-state index is 14.5. The number of phenolic OH excluding ortho intramolecular Hbond substituents is 1. The fourth-order valence-corrected chi connectivity index (χ4v) is 8.66. The summed E-state index contributed by atoms with van der Waals surface area (Å²) in [5.74, 6) is -2.60. The summed E-state index contributed by atoms with van der Waals surface area (Å²) in [7, 11) is 1.56. The lowest BCUT2D eigenvalue weighted by atomic mass is 9.39. The molecular formula is C37H40O8. The molecule has 0 radical (unpaired) electrons. The molecule has 0 bridgehead atoms. The summed E-state index contributed by atoms with van der Waals surface area (Å²) in [5, 5.41) is 23.7. The number of carbonyl (C=O) groups excluding carboxylic acids is 5. The molecule has 45 heavy (non-hydrogen) atoms. The molecule has 2 aromatic rings. The molecule has 3 unspecified atom stereocenters. The molecular weight excluding hydrogens is 572 g/mol. The Labute approximate surface area is 263 Å². The number of Topliss-reactive ketones (excluding diaryl/α,β-unsaturated/α-hetero) is 5. The van der Waals surface area contributed by atoms with E-state index in [1.165, 1.54) is 0 Å². The number of hydrogen-bond donors (Lipinski definition) is 2. The van der Waals surface area contributed by atoms with E-state index >= 15 is 0 Å². The minimum Gasteiger partial charge on any atom is -0.506 e. The number of carbonyl (C=O) groups is 5. The number of benzene rings is 2. The Morgan fingerprint density at radius 3 is 2.16 bits per heavy atom. The molecule has 3 aliphatic carbocycles. The highest BCUT2D eigenvalue weighted by molar-refractivity contribution is 6.32. The smallest absolute Gasteiger partial charge is 0.190 e. The first-order valence-electron chi connectivity index (χ1n) is 15.4. The monoisotopic (exact) mass is 612 g/mol. The molecule has 0 spiro atoms. The van der Waals surface area contributed by atoms with E-state index in [0.29, 0.717) is 16.9 Å². The maximum absolute atomic E-state index is 14.5. The van der Waals surface area contributed by atoms with Gasteiger partial charge in [0.15, 0.2) is 28.7 Å². The average Bonchev–Trinajstić information content (AvgIpc) is 2.94. The van der Waals surface area contributed by atoms with E-state index in [0.717, 1.165) is 12.5 Å². The van der Waals surface area contributed by atoms with Crippen LogP contribution < -0.4 is 4.74 Å². The molecule has 0 aromatic heterocycles. The largest absolute Gasteiger partial charge is 0.506 e. The molecule has 0 saturated heterocycles. The van der Waals surface area contributed by atoms with Gasteiger partial charge in [-0.3, -0.25) is 24.0 Å². The van der Waals surface area contributed by atoms with Gasteiger partial charge in [-0.2, -0.15) is 0 Å². The molecule has 0 aliphatic heterocycles. The van der Waals surface area contributed by atoms with Gasteiger partial charge in [-0.25, -0.2) is 0 Å². The zero-order valence-electron chi connectivity index (χ0n) is 27.0. The summed E-state index contributed by atoms with van der Waals surface area (Å²) >= 11 is 0. The molecule has 3 aliphatic rings. The second-order valence-electron chi connectivity index (χ2n) is 14.2. The highest BCUT2D eigenvalue weighted by Crippen LogP contribution is 2.64. The number of aliphatic hydroxyl groups is 1. The van der Waals surface area contributed by atoms with E-state index in [9.17, 15) is 34.2 Å². The van der Waals surface area contributed by atoms with E-state index in [-0.39, 0.29) is 35.6 Å². The number of methoxy groups -OCH3 is 1. The van der Waals surface area contributed by atoms with Crippen LogP contribution in [-0.2, 0) is 25.6 Å². The molecule has 6 atom stereocenters. The van der Waals surface area contributed by atoms with Crippen molar-refractivity contribution in [2.24, 2.45) is 34.5 Å². The third-order valence-corrected chi connectivity index (χ3v) is 10.5. The predicted molar refractivity (Wildman–Crippen MR) is 166 cm³/mol.